The number of aromatic amines is 1. The Balaban J connectivity index is 1.53. The van der Waals surface area contributed by atoms with E-state index in [2.05, 4.69) is 39.8 Å². The second-order valence-corrected chi connectivity index (χ2v) is 6.09. The molecule has 0 spiro atoms. The van der Waals surface area contributed by atoms with Crippen molar-refractivity contribution in [2.24, 2.45) is 0 Å². The lowest BCUT2D eigenvalue weighted by Crippen LogP contribution is -2.29. The van der Waals surface area contributed by atoms with E-state index < -0.39 is 0 Å². The highest BCUT2D eigenvalue weighted by molar-refractivity contribution is 5.58. The summed E-state index contributed by atoms with van der Waals surface area (Å²) in [4.78, 5) is 0. The molecule has 21 heavy (non-hydrogen) atoms. The molecule has 2 N–H and O–H groups in total. The third-order valence-corrected chi connectivity index (χ3v) is 4.47. The van der Waals surface area contributed by atoms with E-state index in [-0.39, 0.29) is 0 Å². The first-order chi connectivity index (χ1) is 10.4. The minimum atomic E-state index is 0.706. The lowest BCUT2D eigenvalue weighted by atomic mass is 9.96. The minimum absolute atomic E-state index is 0.706. The van der Waals surface area contributed by atoms with Crippen molar-refractivity contribution in [3.05, 3.63) is 42.1 Å². The molecule has 3 heteroatoms. The topological polar surface area (TPSA) is 40.7 Å². The van der Waals surface area contributed by atoms with Crippen molar-refractivity contribution in [1.82, 2.24) is 15.5 Å². The third-order valence-electron chi connectivity index (χ3n) is 4.47. The maximum atomic E-state index is 4.00. The molecular weight excluding hydrogens is 258 g/mol. The van der Waals surface area contributed by atoms with Crippen LogP contribution in [0.15, 0.2) is 36.5 Å². The van der Waals surface area contributed by atoms with Crippen molar-refractivity contribution in [2.45, 2.75) is 57.5 Å². The number of nitrogens with zero attached hydrogens (tertiary/aromatic N) is 1. The van der Waals surface area contributed by atoms with Crippen molar-refractivity contribution < 1.29 is 0 Å². The second-order valence-electron chi connectivity index (χ2n) is 6.09. The number of benzene rings is 1. The molecule has 0 unspecified atom stereocenters. The molecule has 3 nitrogen and oxygen atoms in total. The minimum Gasteiger partial charge on any atom is -0.310 e. The van der Waals surface area contributed by atoms with Crippen LogP contribution in [-0.4, -0.2) is 16.2 Å². The number of hydrogen-bond donors (Lipinski definition) is 2. The van der Waals surface area contributed by atoms with E-state index in [4.69, 9.17) is 0 Å². The van der Waals surface area contributed by atoms with E-state index in [0.717, 1.165) is 12.2 Å². The summed E-state index contributed by atoms with van der Waals surface area (Å²) in [6.07, 6.45) is 11.5. The highest BCUT2D eigenvalue weighted by Crippen LogP contribution is 2.19. The molecule has 0 aliphatic heterocycles. The first kappa shape index (κ1) is 14.3. The van der Waals surface area contributed by atoms with Crippen LogP contribution in [0.4, 0.5) is 0 Å². The molecule has 0 amide bonds. The van der Waals surface area contributed by atoms with Crippen LogP contribution in [0.3, 0.4) is 0 Å². The smallest absolute Gasteiger partial charge is 0.0650 e. The Labute approximate surface area is 127 Å². The van der Waals surface area contributed by atoms with Gasteiger partial charge in [0.1, 0.15) is 0 Å². The predicted octanol–water partition coefficient (Wildman–Crippen LogP) is 4.28. The standard InChI is InChI=1S/C18H25N3/c1-2-4-6-17(7-5-3-1)19-14-15-8-10-16(11-9-15)18-12-13-20-21-18/h8-13,17,19H,1-7,14H2,(H,20,21). The van der Waals surface area contributed by atoms with Gasteiger partial charge in [-0.25, -0.2) is 0 Å². The Hall–Kier alpha value is -1.61. The number of nitrogens with one attached hydrogen (secondary N) is 2. The molecule has 0 atom stereocenters. The van der Waals surface area contributed by atoms with Gasteiger partial charge < -0.3 is 5.32 Å². The van der Waals surface area contributed by atoms with Crippen LogP contribution in [0.25, 0.3) is 11.3 Å². The first-order valence-electron chi connectivity index (χ1n) is 8.24. The Morgan fingerprint density at radius 2 is 1.67 bits per heavy atom. The van der Waals surface area contributed by atoms with Gasteiger partial charge in [0.2, 0.25) is 0 Å². The van der Waals surface area contributed by atoms with Gasteiger partial charge in [-0.15, -0.1) is 0 Å². The van der Waals surface area contributed by atoms with Gasteiger partial charge in [0.25, 0.3) is 0 Å². The molecule has 112 valence electrons. The summed E-state index contributed by atoms with van der Waals surface area (Å²) in [5.74, 6) is 0. The van der Waals surface area contributed by atoms with Crippen molar-refractivity contribution in [3.8, 4) is 11.3 Å². The van der Waals surface area contributed by atoms with Crippen LogP contribution in [0.5, 0.6) is 0 Å². The Morgan fingerprint density at radius 1 is 0.952 bits per heavy atom. The third kappa shape index (κ3) is 4.18. The lowest BCUT2D eigenvalue weighted by molar-refractivity contribution is 0.389. The van der Waals surface area contributed by atoms with Gasteiger partial charge in [-0.3, -0.25) is 5.10 Å². The summed E-state index contributed by atoms with van der Waals surface area (Å²) in [5.41, 5.74) is 3.64. The largest absolute Gasteiger partial charge is 0.310 e. The van der Waals surface area contributed by atoms with Gasteiger partial charge in [0, 0.05) is 18.8 Å². The summed E-state index contributed by atoms with van der Waals surface area (Å²) in [5, 5.41) is 10.7. The zero-order valence-corrected chi connectivity index (χ0v) is 12.6. The van der Waals surface area contributed by atoms with E-state index in [0.29, 0.717) is 6.04 Å². The maximum absolute atomic E-state index is 4.00. The van der Waals surface area contributed by atoms with Crippen LogP contribution in [0.2, 0.25) is 0 Å². The van der Waals surface area contributed by atoms with Gasteiger partial charge in [-0.05, 0) is 30.0 Å². The molecule has 1 aromatic heterocycles. The fourth-order valence-electron chi connectivity index (χ4n) is 3.14. The monoisotopic (exact) mass is 283 g/mol. The second kappa shape index (κ2) is 7.41. The molecule has 1 aliphatic carbocycles. The zero-order chi connectivity index (χ0) is 14.3. The zero-order valence-electron chi connectivity index (χ0n) is 12.6. The first-order valence-corrected chi connectivity index (χ1v) is 8.24. The number of hydrogen-bond acceptors (Lipinski definition) is 2. The van der Waals surface area contributed by atoms with Crippen molar-refractivity contribution in [3.63, 3.8) is 0 Å². The fraction of sp³-hybridized carbons (Fsp3) is 0.500. The van der Waals surface area contributed by atoms with Crippen molar-refractivity contribution in [2.75, 3.05) is 0 Å². The summed E-state index contributed by atoms with van der Waals surface area (Å²) in [6.45, 7) is 0.980. The van der Waals surface area contributed by atoms with Gasteiger partial charge in [-0.2, -0.15) is 5.10 Å². The summed E-state index contributed by atoms with van der Waals surface area (Å²) in [6, 6.07) is 11.5. The average Bonchev–Trinajstić information content (AvgIpc) is 3.01. The summed E-state index contributed by atoms with van der Waals surface area (Å²) >= 11 is 0. The van der Waals surface area contributed by atoms with E-state index >= 15 is 0 Å². The Kier molecular flexibility index (Phi) is 5.06. The van der Waals surface area contributed by atoms with Crippen LogP contribution in [0.1, 0.15) is 50.5 Å². The van der Waals surface area contributed by atoms with Crippen LogP contribution < -0.4 is 5.32 Å². The number of H-pyrrole nitrogens is 1. The molecule has 1 fully saturated rings. The highest BCUT2D eigenvalue weighted by atomic mass is 15.1. The summed E-state index contributed by atoms with van der Waals surface area (Å²) < 4.78 is 0. The van der Waals surface area contributed by atoms with Crippen LogP contribution in [-0.2, 0) is 6.54 Å². The normalized spacial score (nSPS) is 17.3. The molecular formula is C18H25N3. The SMILES string of the molecule is c1cc(-c2ccc(CNC3CCCCCCC3)cc2)[nH]n1. The number of rotatable bonds is 4. The predicted molar refractivity (Wildman–Crippen MR) is 87.0 cm³/mol. The highest BCUT2D eigenvalue weighted by Gasteiger charge is 2.10. The van der Waals surface area contributed by atoms with Crippen molar-refractivity contribution in [1.29, 1.82) is 0 Å². The molecule has 1 heterocycles. The van der Waals surface area contributed by atoms with Crippen LogP contribution >= 0.6 is 0 Å². The van der Waals surface area contributed by atoms with E-state index in [1.54, 1.807) is 6.20 Å². The van der Waals surface area contributed by atoms with Gasteiger partial charge in [0.15, 0.2) is 0 Å². The van der Waals surface area contributed by atoms with E-state index in [1.807, 2.05) is 6.07 Å². The van der Waals surface area contributed by atoms with E-state index in [1.165, 1.54) is 56.1 Å². The summed E-state index contributed by atoms with van der Waals surface area (Å²) in [7, 11) is 0. The molecule has 3 rings (SSSR count). The number of aromatic nitrogens is 2. The van der Waals surface area contributed by atoms with Gasteiger partial charge in [-0.1, -0.05) is 56.4 Å². The average molecular weight is 283 g/mol. The Morgan fingerprint density at radius 3 is 2.33 bits per heavy atom. The van der Waals surface area contributed by atoms with Crippen molar-refractivity contribution >= 4 is 0 Å². The molecule has 0 bridgehead atoms. The Bertz CT molecular complexity index is 508. The van der Waals surface area contributed by atoms with Gasteiger partial charge >= 0.3 is 0 Å². The van der Waals surface area contributed by atoms with Gasteiger partial charge in [0.05, 0.1) is 5.69 Å². The fourth-order valence-corrected chi connectivity index (χ4v) is 3.14. The lowest BCUT2D eigenvalue weighted by Gasteiger charge is -2.21. The maximum Gasteiger partial charge on any atom is 0.0650 e. The molecule has 0 radical (unpaired) electrons. The molecule has 1 aromatic carbocycles. The van der Waals surface area contributed by atoms with Crippen LogP contribution in [0, 0.1) is 0 Å². The molecule has 0 saturated heterocycles. The molecule has 2 aromatic rings. The molecule has 1 aliphatic rings. The quantitative estimate of drug-likeness (QED) is 0.879. The van der Waals surface area contributed by atoms with E-state index in [9.17, 15) is 0 Å². The molecule has 1 saturated carbocycles.